The van der Waals surface area contributed by atoms with E-state index in [0.29, 0.717) is 0 Å². The molecule has 7 heteroatoms. The van der Waals surface area contributed by atoms with Gasteiger partial charge in [0.2, 0.25) is 0 Å². The molecule has 0 saturated carbocycles. The summed E-state index contributed by atoms with van der Waals surface area (Å²) >= 11 is 2.06. The molecule has 3 saturated heterocycles. The molecule has 3 heterocycles. The average Bonchev–Trinajstić information content (AvgIpc) is 3.18. The van der Waals surface area contributed by atoms with E-state index in [2.05, 4.69) is 27.0 Å². The van der Waals surface area contributed by atoms with Crippen LogP contribution in [0.3, 0.4) is 0 Å². The van der Waals surface area contributed by atoms with Crippen molar-refractivity contribution in [2.75, 3.05) is 57.9 Å². The van der Waals surface area contributed by atoms with Crippen molar-refractivity contribution in [3.8, 4) is 0 Å². The topological polar surface area (TPSA) is 57.2 Å². The molecule has 1 atom stereocenters. The predicted molar refractivity (Wildman–Crippen MR) is 98.5 cm³/mol. The molecule has 6 nitrogen and oxygen atoms in total. The first-order chi connectivity index (χ1) is 11.8. The SMILES string of the molecule is CN=C(NCC1CCSCC1)N1CCN(C(=O)C2CCCO2)CC1. The standard InChI is InChI=1S/C17H30N4O2S/c1-18-17(19-13-14-4-11-24-12-5-14)21-8-6-20(7-9-21)16(22)15-3-2-10-23-15/h14-15H,2-13H2,1H3,(H,18,19). The van der Waals surface area contributed by atoms with Crippen LogP contribution < -0.4 is 5.32 Å². The van der Waals surface area contributed by atoms with Gasteiger partial charge in [-0.25, -0.2) is 0 Å². The first kappa shape index (κ1) is 17.9. The van der Waals surface area contributed by atoms with Gasteiger partial charge in [-0.3, -0.25) is 9.79 Å². The third kappa shape index (κ3) is 4.57. The van der Waals surface area contributed by atoms with E-state index in [0.717, 1.165) is 64.0 Å². The van der Waals surface area contributed by atoms with Crippen molar-refractivity contribution >= 4 is 23.6 Å². The number of carbonyl (C=O) groups is 1. The van der Waals surface area contributed by atoms with Gasteiger partial charge in [0.15, 0.2) is 5.96 Å². The lowest BCUT2D eigenvalue weighted by Crippen LogP contribution is -2.55. The Morgan fingerprint density at radius 3 is 2.50 bits per heavy atom. The Balaban J connectivity index is 1.43. The van der Waals surface area contributed by atoms with E-state index < -0.39 is 0 Å². The number of nitrogens with one attached hydrogen (secondary N) is 1. The first-order valence-electron chi connectivity index (χ1n) is 9.21. The normalized spacial score (nSPS) is 26.7. The molecule has 0 spiro atoms. The Kier molecular flexibility index (Phi) is 6.66. The third-order valence-electron chi connectivity index (χ3n) is 5.20. The highest BCUT2D eigenvalue weighted by atomic mass is 32.2. The van der Waals surface area contributed by atoms with Gasteiger partial charge < -0.3 is 19.9 Å². The summed E-state index contributed by atoms with van der Waals surface area (Å²) in [5, 5.41) is 3.55. The maximum atomic E-state index is 12.4. The largest absolute Gasteiger partial charge is 0.368 e. The summed E-state index contributed by atoms with van der Waals surface area (Å²) in [6, 6.07) is 0. The molecule has 0 aromatic heterocycles. The minimum absolute atomic E-state index is 0.176. The predicted octanol–water partition coefficient (Wildman–Crippen LogP) is 1.03. The van der Waals surface area contributed by atoms with Crippen LogP contribution in [0.4, 0.5) is 0 Å². The summed E-state index contributed by atoms with van der Waals surface area (Å²) in [4.78, 5) is 21.1. The van der Waals surface area contributed by atoms with Crippen molar-refractivity contribution in [3.63, 3.8) is 0 Å². The summed E-state index contributed by atoms with van der Waals surface area (Å²) in [7, 11) is 1.85. The zero-order valence-corrected chi connectivity index (χ0v) is 15.5. The Hall–Kier alpha value is -0.950. The minimum Gasteiger partial charge on any atom is -0.368 e. The number of amides is 1. The molecule has 136 valence electrons. The number of piperazine rings is 1. The zero-order valence-electron chi connectivity index (χ0n) is 14.7. The van der Waals surface area contributed by atoms with Crippen molar-refractivity contribution in [1.82, 2.24) is 15.1 Å². The molecule has 3 rings (SSSR count). The molecular formula is C17H30N4O2S. The van der Waals surface area contributed by atoms with Crippen molar-refractivity contribution in [1.29, 1.82) is 0 Å². The van der Waals surface area contributed by atoms with E-state index in [1.165, 1.54) is 24.3 Å². The molecule has 1 N–H and O–H groups in total. The second-order valence-corrected chi connectivity index (χ2v) is 8.02. The Labute approximate surface area is 149 Å². The van der Waals surface area contributed by atoms with Gasteiger partial charge in [0.1, 0.15) is 6.10 Å². The van der Waals surface area contributed by atoms with Crippen LogP contribution in [0, 0.1) is 5.92 Å². The number of hydrogen-bond acceptors (Lipinski definition) is 4. The molecule has 3 aliphatic heterocycles. The average molecular weight is 355 g/mol. The Morgan fingerprint density at radius 2 is 1.88 bits per heavy atom. The third-order valence-corrected chi connectivity index (χ3v) is 6.25. The lowest BCUT2D eigenvalue weighted by atomic mass is 10.0. The highest BCUT2D eigenvalue weighted by molar-refractivity contribution is 7.99. The highest BCUT2D eigenvalue weighted by Crippen LogP contribution is 2.22. The highest BCUT2D eigenvalue weighted by Gasteiger charge is 2.31. The minimum atomic E-state index is -0.196. The number of carbonyl (C=O) groups excluding carboxylic acids is 1. The fourth-order valence-corrected chi connectivity index (χ4v) is 4.84. The molecule has 24 heavy (non-hydrogen) atoms. The molecule has 0 aliphatic carbocycles. The quantitative estimate of drug-likeness (QED) is 0.606. The number of rotatable bonds is 3. The van der Waals surface area contributed by atoms with Gasteiger partial charge in [0, 0.05) is 46.4 Å². The fourth-order valence-electron chi connectivity index (χ4n) is 3.63. The lowest BCUT2D eigenvalue weighted by Gasteiger charge is -2.37. The molecule has 0 bridgehead atoms. The van der Waals surface area contributed by atoms with Crippen LogP contribution in [0.1, 0.15) is 25.7 Å². The molecule has 0 radical (unpaired) electrons. The summed E-state index contributed by atoms with van der Waals surface area (Å²) in [6.45, 7) is 4.96. The van der Waals surface area contributed by atoms with Crippen molar-refractivity contribution in [2.45, 2.75) is 31.8 Å². The van der Waals surface area contributed by atoms with E-state index in [1.54, 1.807) is 0 Å². The first-order valence-corrected chi connectivity index (χ1v) is 10.4. The lowest BCUT2D eigenvalue weighted by molar-refractivity contribution is -0.142. The van der Waals surface area contributed by atoms with Gasteiger partial charge in [0.25, 0.3) is 5.91 Å². The number of aliphatic imine (C=N–C) groups is 1. The number of nitrogens with zero attached hydrogens (tertiary/aromatic N) is 3. The van der Waals surface area contributed by atoms with Gasteiger partial charge in [0.05, 0.1) is 0 Å². The smallest absolute Gasteiger partial charge is 0.251 e. The summed E-state index contributed by atoms with van der Waals surface area (Å²) in [5.74, 6) is 4.50. The van der Waals surface area contributed by atoms with E-state index in [1.807, 2.05) is 11.9 Å². The number of ether oxygens (including phenoxy) is 1. The molecule has 1 amide bonds. The van der Waals surface area contributed by atoms with Gasteiger partial charge in [-0.15, -0.1) is 0 Å². The van der Waals surface area contributed by atoms with Crippen LogP contribution in [-0.4, -0.2) is 85.7 Å². The second-order valence-electron chi connectivity index (χ2n) is 6.80. The van der Waals surface area contributed by atoms with E-state index in [9.17, 15) is 4.79 Å². The van der Waals surface area contributed by atoms with Crippen LogP contribution >= 0.6 is 11.8 Å². The summed E-state index contributed by atoms with van der Waals surface area (Å²) in [6.07, 6.45) is 4.30. The van der Waals surface area contributed by atoms with Gasteiger partial charge >= 0.3 is 0 Å². The Morgan fingerprint density at radius 1 is 1.17 bits per heavy atom. The van der Waals surface area contributed by atoms with Gasteiger partial charge in [-0.05, 0) is 43.1 Å². The van der Waals surface area contributed by atoms with E-state index >= 15 is 0 Å². The van der Waals surface area contributed by atoms with Crippen LogP contribution in [0.15, 0.2) is 4.99 Å². The van der Waals surface area contributed by atoms with Crippen LogP contribution in [0.5, 0.6) is 0 Å². The fraction of sp³-hybridized carbons (Fsp3) is 0.882. The molecule has 0 aromatic rings. The monoisotopic (exact) mass is 354 g/mol. The summed E-state index contributed by atoms with van der Waals surface area (Å²) in [5.41, 5.74) is 0. The Bertz CT molecular complexity index is 440. The van der Waals surface area contributed by atoms with Crippen molar-refractivity contribution in [2.24, 2.45) is 10.9 Å². The van der Waals surface area contributed by atoms with E-state index in [4.69, 9.17) is 4.74 Å². The van der Waals surface area contributed by atoms with Crippen LogP contribution in [0.25, 0.3) is 0 Å². The van der Waals surface area contributed by atoms with Crippen molar-refractivity contribution in [3.05, 3.63) is 0 Å². The van der Waals surface area contributed by atoms with Gasteiger partial charge in [-0.1, -0.05) is 0 Å². The van der Waals surface area contributed by atoms with Crippen LogP contribution in [-0.2, 0) is 9.53 Å². The van der Waals surface area contributed by atoms with Crippen molar-refractivity contribution < 1.29 is 9.53 Å². The van der Waals surface area contributed by atoms with E-state index in [-0.39, 0.29) is 12.0 Å². The number of guanidine groups is 1. The maximum Gasteiger partial charge on any atom is 0.251 e. The summed E-state index contributed by atoms with van der Waals surface area (Å²) < 4.78 is 5.53. The van der Waals surface area contributed by atoms with Gasteiger partial charge in [-0.2, -0.15) is 11.8 Å². The second kappa shape index (κ2) is 8.94. The molecule has 3 fully saturated rings. The molecular weight excluding hydrogens is 324 g/mol. The van der Waals surface area contributed by atoms with Crippen LogP contribution in [0.2, 0.25) is 0 Å². The molecule has 1 unspecified atom stereocenters. The molecule has 3 aliphatic rings. The number of thioether (sulfide) groups is 1. The number of hydrogen-bond donors (Lipinski definition) is 1. The maximum absolute atomic E-state index is 12.4. The molecule has 0 aromatic carbocycles. The zero-order chi connectivity index (χ0) is 16.8.